The molecule has 1 fully saturated rings. The molecule has 2 atom stereocenters. The summed E-state index contributed by atoms with van der Waals surface area (Å²) >= 11 is 0. The largest absolute Gasteiger partial charge is 0.356 e. The fourth-order valence-corrected chi connectivity index (χ4v) is 2.94. The van der Waals surface area contributed by atoms with E-state index < -0.39 is 0 Å². The van der Waals surface area contributed by atoms with Crippen LogP contribution in [0.3, 0.4) is 0 Å². The smallest absolute Gasteiger partial charge is 0.221 e. The van der Waals surface area contributed by atoms with Gasteiger partial charge in [0, 0.05) is 31.6 Å². The molecule has 0 aromatic rings. The van der Waals surface area contributed by atoms with Gasteiger partial charge in [0.15, 0.2) is 0 Å². The lowest BCUT2D eigenvalue weighted by Crippen LogP contribution is -2.48. The third-order valence-electron chi connectivity index (χ3n) is 3.93. The second-order valence-electron chi connectivity index (χ2n) is 5.20. The first-order chi connectivity index (χ1) is 8.72. The van der Waals surface area contributed by atoms with Crippen molar-refractivity contribution < 1.29 is 4.79 Å². The van der Waals surface area contributed by atoms with Gasteiger partial charge < -0.3 is 11.1 Å². The second kappa shape index (κ2) is 8.48. The Morgan fingerprint density at radius 3 is 2.78 bits per heavy atom. The summed E-state index contributed by atoms with van der Waals surface area (Å²) < 4.78 is 0. The van der Waals surface area contributed by atoms with Gasteiger partial charge >= 0.3 is 0 Å². The molecule has 0 aromatic carbocycles. The van der Waals surface area contributed by atoms with Crippen LogP contribution < -0.4 is 11.1 Å². The molecule has 0 aliphatic carbocycles. The van der Waals surface area contributed by atoms with E-state index in [4.69, 9.17) is 5.73 Å². The Labute approximate surface area is 111 Å². The topological polar surface area (TPSA) is 58.4 Å². The Kier molecular flexibility index (Phi) is 7.28. The minimum atomic E-state index is 0.132. The maximum absolute atomic E-state index is 11.7. The Morgan fingerprint density at radius 1 is 1.39 bits per heavy atom. The summed E-state index contributed by atoms with van der Waals surface area (Å²) in [5.74, 6) is 0.132. The van der Waals surface area contributed by atoms with E-state index in [1.807, 2.05) is 6.92 Å². The third-order valence-corrected chi connectivity index (χ3v) is 3.93. The van der Waals surface area contributed by atoms with E-state index in [2.05, 4.69) is 17.1 Å². The molecule has 0 spiro atoms. The van der Waals surface area contributed by atoms with Crippen molar-refractivity contribution in [1.29, 1.82) is 0 Å². The Balaban J connectivity index is 2.61. The SMILES string of the molecule is CCNC(=O)CC(CN)N1CCCCCC1CC. The van der Waals surface area contributed by atoms with E-state index in [0.717, 1.165) is 13.0 Å². The number of nitrogens with two attached hydrogens (primary N) is 1. The van der Waals surface area contributed by atoms with Crippen LogP contribution in [0.4, 0.5) is 0 Å². The first kappa shape index (κ1) is 15.4. The number of nitrogens with one attached hydrogen (secondary N) is 1. The molecule has 1 amide bonds. The van der Waals surface area contributed by atoms with Gasteiger partial charge in [-0.25, -0.2) is 0 Å². The number of hydrogen-bond acceptors (Lipinski definition) is 3. The predicted octanol–water partition coefficient (Wildman–Crippen LogP) is 1.49. The second-order valence-corrected chi connectivity index (χ2v) is 5.20. The normalized spacial score (nSPS) is 23.4. The van der Waals surface area contributed by atoms with Gasteiger partial charge in [-0.15, -0.1) is 0 Å². The minimum Gasteiger partial charge on any atom is -0.356 e. The molecular formula is C14H29N3O. The third kappa shape index (κ3) is 4.58. The average molecular weight is 255 g/mol. The summed E-state index contributed by atoms with van der Waals surface area (Å²) in [6.45, 7) is 6.57. The number of rotatable bonds is 6. The van der Waals surface area contributed by atoms with Crippen molar-refractivity contribution in [2.75, 3.05) is 19.6 Å². The molecule has 106 valence electrons. The molecule has 1 aliphatic heterocycles. The van der Waals surface area contributed by atoms with Crippen LogP contribution >= 0.6 is 0 Å². The molecule has 0 saturated carbocycles. The van der Waals surface area contributed by atoms with Crippen LogP contribution in [0.25, 0.3) is 0 Å². The fourth-order valence-electron chi connectivity index (χ4n) is 2.94. The van der Waals surface area contributed by atoms with E-state index in [-0.39, 0.29) is 11.9 Å². The van der Waals surface area contributed by atoms with E-state index in [1.54, 1.807) is 0 Å². The Hall–Kier alpha value is -0.610. The zero-order valence-corrected chi connectivity index (χ0v) is 12.0. The molecule has 1 heterocycles. The first-order valence-electron chi connectivity index (χ1n) is 7.45. The maximum Gasteiger partial charge on any atom is 0.221 e. The number of carbonyl (C=O) groups is 1. The summed E-state index contributed by atoms with van der Waals surface area (Å²) in [5, 5.41) is 2.88. The van der Waals surface area contributed by atoms with Gasteiger partial charge in [-0.1, -0.05) is 19.8 Å². The van der Waals surface area contributed by atoms with Crippen molar-refractivity contribution >= 4 is 5.91 Å². The van der Waals surface area contributed by atoms with Crippen LogP contribution in [0.2, 0.25) is 0 Å². The molecule has 0 aromatic heterocycles. The Morgan fingerprint density at radius 2 is 2.17 bits per heavy atom. The molecule has 1 saturated heterocycles. The lowest BCUT2D eigenvalue weighted by atomic mass is 10.0. The molecule has 4 heteroatoms. The van der Waals surface area contributed by atoms with E-state index in [0.29, 0.717) is 25.6 Å². The summed E-state index contributed by atoms with van der Waals surface area (Å²) in [7, 11) is 0. The summed E-state index contributed by atoms with van der Waals surface area (Å²) in [5.41, 5.74) is 5.89. The lowest BCUT2D eigenvalue weighted by Gasteiger charge is -2.35. The zero-order valence-electron chi connectivity index (χ0n) is 12.0. The van der Waals surface area contributed by atoms with Crippen LogP contribution in [0.15, 0.2) is 0 Å². The molecule has 0 bridgehead atoms. The molecule has 1 aliphatic rings. The lowest BCUT2D eigenvalue weighted by molar-refractivity contribution is -0.122. The number of hydrogen-bond donors (Lipinski definition) is 2. The van der Waals surface area contributed by atoms with E-state index >= 15 is 0 Å². The van der Waals surface area contributed by atoms with Crippen LogP contribution in [0, 0.1) is 0 Å². The summed E-state index contributed by atoms with van der Waals surface area (Å²) in [4.78, 5) is 14.2. The first-order valence-corrected chi connectivity index (χ1v) is 7.45. The number of amides is 1. The van der Waals surface area contributed by atoms with E-state index in [9.17, 15) is 4.79 Å². The van der Waals surface area contributed by atoms with Crippen molar-refractivity contribution in [2.45, 2.75) is 64.5 Å². The maximum atomic E-state index is 11.7. The molecule has 3 N–H and O–H groups in total. The highest BCUT2D eigenvalue weighted by molar-refractivity contribution is 5.76. The average Bonchev–Trinajstić information content (AvgIpc) is 2.61. The van der Waals surface area contributed by atoms with Crippen molar-refractivity contribution in [3.8, 4) is 0 Å². The van der Waals surface area contributed by atoms with Crippen LogP contribution in [-0.2, 0) is 4.79 Å². The van der Waals surface area contributed by atoms with Gasteiger partial charge in [0.25, 0.3) is 0 Å². The quantitative estimate of drug-likeness (QED) is 0.756. The van der Waals surface area contributed by atoms with Crippen LogP contribution in [0.5, 0.6) is 0 Å². The van der Waals surface area contributed by atoms with E-state index in [1.165, 1.54) is 25.7 Å². The van der Waals surface area contributed by atoms with Crippen molar-refractivity contribution in [1.82, 2.24) is 10.2 Å². The highest BCUT2D eigenvalue weighted by atomic mass is 16.1. The number of carbonyl (C=O) groups excluding carboxylic acids is 1. The van der Waals surface area contributed by atoms with Crippen molar-refractivity contribution in [2.24, 2.45) is 5.73 Å². The predicted molar refractivity (Wildman–Crippen MR) is 75.4 cm³/mol. The van der Waals surface area contributed by atoms with Gasteiger partial charge in [0.1, 0.15) is 0 Å². The highest BCUT2D eigenvalue weighted by Gasteiger charge is 2.27. The monoisotopic (exact) mass is 255 g/mol. The van der Waals surface area contributed by atoms with Crippen molar-refractivity contribution in [3.05, 3.63) is 0 Å². The Bertz CT molecular complexity index is 245. The zero-order chi connectivity index (χ0) is 13.4. The van der Waals surface area contributed by atoms with Crippen molar-refractivity contribution in [3.63, 3.8) is 0 Å². The standard InChI is InChI=1S/C14H29N3O/c1-3-12-8-6-5-7-9-17(12)13(11-15)10-14(18)16-4-2/h12-13H,3-11,15H2,1-2H3,(H,16,18). The number of nitrogens with zero attached hydrogens (tertiary/aromatic N) is 1. The van der Waals surface area contributed by atoms with Crippen LogP contribution in [-0.4, -0.2) is 42.5 Å². The van der Waals surface area contributed by atoms with Gasteiger partial charge in [0.2, 0.25) is 5.91 Å². The molecule has 0 radical (unpaired) electrons. The summed E-state index contributed by atoms with van der Waals surface area (Å²) in [6.07, 6.45) is 6.82. The molecular weight excluding hydrogens is 226 g/mol. The fraction of sp³-hybridized carbons (Fsp3) is 0.929. The van der Waals surface area contributed by atoms with Gasteiger partial charge in [-0.3, -0.25) is 9.69 Å². The molecule has 2 unspecified atom stereocenters. The highest BCUT2D eigenvalue weighted by Crippen LogP contribution is 2.22. The van der Waals surface area contributed by atoms with Gasteiger partial charge in [0.05, 0.1) is 0 Å². The molecule has 4 nitrogen and oxygen atoms in total. The van der Waals surface area contributed by atoms with Crippen LogP contribution in [0.1, 0.15) is 52.4 Å². The van der Waals surface area contributed by atoms with Gasteiger partial charge in [-0.2, -0.15) is 0 Å². The number of likely N-dealkylation sites (tertiary alicyclic amines) is 1. The molecule has 18 heavy (non-hydrogen) atoms. The minimum absolute atomic E-state index is 0.132. The summed E-state index contributed by atoms with van der Waals surface area (Å²) in [6, 6.07) is 0.815. The van der Waals surface area contributed by atoms with Gasteiger partial charge in [-0.05, 0) is 32.7 Å². The molecule has 1 rings (SSSR count).